The number of alkyl halides is 3. The van der Waals surface area contributed by atoms with Gasteiger partial charge in [0.25, 0.3) is 0 Å². The zero-order valence-electron chi connectivity index (χ0n) is 18.9. The first-order valence-electron chi connectivity index (χ1n) is 11.5. The van der Waals surface area contributed by atoms with Gasteiger partial charge in [0.15, 0.2) is 6.29 Å². The fourth-order valence-corrected chi connectivity index (χ4v) is 4.09. The molecule has 8 heteroatoms. The molecular weight excluding hydrogens is 448 g/mol. The number of hydrogen-bond donors (Lipinski definition) is 0. The van der Waals surface area contributed by atoms with Gasteiger partial charge in [-0.3, -0.25) is 9.80 Å². The topological polar surface area (TPSA) is 24.9 Å². The molecule has 182 valence electrons. The molecule has 0 radical (unpaired) electrons. The third-order valence-corrected chi connectivity index (χ3v) is 6.11. The SMILES string of the molecule is Fc1ccc(C2C(OCCc3cccc(C(F)(F)F)c3)OCCN2CC#CCN2CCC2)cc1. The van der Waals surface area contributed by atoms with E-state index in [9.17, 15) is 17.6 Å². The van der Waals surface area contributed by atoms with E-state index in [2.05, 4.69) is 21.6 Å². The Hall–Kier alpha value is -2.44. The van der Waals surface area contributed by atoms with Gasteiger partial charge in [0.1, 0.15) is 5.82 Å². The number of ether oxygens (including phenoxy) is 2. The molecule has 2 aliphatic heterocycles. The monoisotopic (exact) mass is 476 g/mol. The van der Waals surface area contributed by atoms with Crippen molar-refractivity contribution in [2.45, 2.75) is 31.3 Å². The Morgan fingerprint density at radius 3 is 2.47 bits per heavy atom. The second-order valence-electron chi connectivity index (χ2n) is 8.51. The van der Waals surface area contributed by atoms with Crippen molar-refractivity contribution in [1.29, 1.82) is 0 Å². The van der Waals surface area contributed by atoms with Gasteiger partial charge in [-0.1, -0.05) is 42.2 Å². The highest BCUT2D eigenvalue weighted by atomic mass is 19.4. The molecule has 0 saturated carbocycles. The fraction of sp³-hybridized carbons (Fsp3) is 0.462. The number of morpholine rings is 1. The van der Waals surface area contributed by atoms with Gasteiger partial charge >= 0.3 is 6.18 Å². The average Bonchev–Trinajstić information content (AvgIpc) is 2.78. The van der Waals surface area contributed by atoms with E-state index in [1.807, 2.05) is 0 Å². The molecule has 4 nitrogen and oxygen atoms in total. The molecule has 34 heavy (non-hydrogen) atoms. The highest BCUT2D eigenvalue weighted by Crippen LogP contribution is 2.31. The maximum absolute atomic E-state index is 13.5. The van der Waals surface area contributed by atoms with Crippen LogP contribution in [0.2, 0.25) is 0 Å². The van der Waals surface area contributed by atoms with Gasteiger partial charge < -0.3 is 9.47 Å². The van der Waals surface area contributed by atoms with Crippen LogP contribution in [0, 0.1) is 17.7 Å². The fourth-order valence-electron chi connectivity index (χ4n) is 4.09. The summed E-state index contributed by atoms with van der Waals surface area (Å²) in [6.45, 7) is 4.74. The standard InChI is InChI=1S/C26H28F4N2O2/c27-23-9-7-21(8-10-23)24-25(33-17-11-20-5-3-6-22(19-20)26(28,29)30)34-18-16-32(24)15-2-1-12-31-13-4-14-31/h3,5-10,19,24-25H,4,11-18H2. The van der Waals surface area contributed by atoms with Gasteiger partial charge in [-0.2, -0.15) is 13.2 Å². The predicted octanol–water partition coefficient (Wildman–Crippen LogP) is 4.51. The average molecular weight is 477 g/mol. The minimum absolute atomic E-state index is 0.193. The number of benzene rings is 2. The summed E-state index contributed by atoms with van der Waals surface area (Å²) in [5.41, 5.74) is 0.707. The third-order valence-electron chi connectivity index (χ3n) is 6.11. The summed E-state index contributed by atoms with van der Waals surface area (Å²) < 4.78 is 64.4. The lowest BCUT2D eigenvalue weighted by molar-refractivity contribution is -0.208. The smallest absolute Gasteiger partial charge is 0.350 e. The molecule has 4 rings (SSSR count). The van der Waals surface area contributed by atoms with Crippen molar-refractivity contribution < 1.29 is 27.0 Å². The second-order valence-corrected chi connectivity index (χ2v) is 8.51. The van der Waals surface area contributed by atoms with E-state index in [4.69, 9.17) is 9.47 Å². The lowest BCUT2D eigenvalue weighted by Gasteiger charge is -2.40. The van der Waals surface area contributed by atoms with E-state index in [0.29, 0.717) is 31.7 Å². The first-order chi connectivity index (χ1) is 16.4. The number of halogens is 4. The Morgan fingerprint density at radius 1 is 1.00 bits per heavy atom. The number of likely N-dealkylation sites (tertiary alicyclic amines) is 1. The van der Waals surface area contributed by atoms with Crippen molar-refractivity contribution in [3.8, 4) is 11.8 Å². The van der Waals surface area contributed by atoms with Gasteiger partial charge in [0.05, 0.1) is 37.9 Å². The summed E-state index contributed by atoms with van der Waals surface area (Å²) in [5.74, 6) is 6.11. The van der Waals surface area contributed by atoms with Gasteiger partial charge in [-0.25, -0.2) is 4.39 Å². The van der Waals surface area contributed by atoms with Crippen LogP contribution >= 0.6 is 0 Å². The van der Waals surface area contributed by atoms with Crippen LogP contribution in [0.3, 0.4) is 0 Å². The van der Waals surface area contributed by atoms with Crippen LogP contribution in [0.25, 0.3) is 0 Å². The Bertz CT molecular complexity index is 996. The largest absolute Gasteiger partial charge is 0.416 e. The molecule has 0 spiro atoms. The van der Waals surface area contributed by atoms with Crippen LogP contribution in [-0.2, 0) is 22.1 Å². The number of nitrogens with zero attached hydrogens (tertiary/aromatic N) is 2. The minimum atomic E-state index is -4.38. The minimum Gasteiger partial charge on any atom is -0.350 e. The summed E-state index contributed by atoms with van der Waals surface area (Å²) in [5, 5.41) is 0. The second kappa shape index (κ2) is 11.3. The lowest BCUT2D eigenvalue weighted by atomic mass is 10.0. The van der Waals surface area contributed by atoms with Crippen LogP contribution in [-0.4, -0.2) is 62.0 Å². The highest BCUT2D eigenvalue weighted by molar-refractivity contribution is 5.26. The first-order valence-corrected chi connectivity index (χ1v) is 11.5. The molecule has 2 fully saturated rings. The maximum atomic E-state index is 13.5. The van der Waals surface area contributed by atoms with E-state index in [0.717, 1.165) is 37.3 Å². The van der Waals surface area contributed by atoms with Crippen LogP contribution in [0.15, 0.2) is 48.5 Å². The Morgan fingerprint density at radius 2 is 1.76 bits per heavy atom. The summed E-state index contributed by atoms with van der Waals surface area (Å²) >= 11 is 0. The molecule has 2 aliphatic rings. The third kappa shape index (κ3) is 6.57. The number of hydrogen-bond acceptors (Lipinski definition) is 4. The van der Waals surface area contributed by atoms with Crippen molar-refractivity contribution in [2.24, 2.45) is 0 Å². The van der Waals surface area contributed by atoms with Crippen molar-refractivity contribution in [3.63, 3.8) is 0 Å². The summed E-state index contributed by atoms with van der Waals surface area (Å²) in [6, 6.07) is 11.2. The van der Waals surface area contributed by atoms with Crippen LogP contribution < -0.4 is 0 Å². The van der Waals surface area contributed by atoms with Crippen molar-refractivity contribution in [1.82, 2.24) is 9.80 Å². The maximum Gasteiger partial charge on any atom is 0.416 e. The first kappa shape index (κ1) is 24.7. The van der Waals surface area contributed by atoms with Crippen LogP contribution in [0.5, 0.6) is 0 Å². The lowest BCUT2D eigenvalue weighted by Crippen LogP contribution is -2.46. The van der Waals surface area contributed by atoms with Gasteiger partial charge in [-0.15, -0.1) is 0 Å². The molecule has 2 saturated heterocycles. The van der Waals surface area contributed by atoms with E-state index in [1.54, 1.807) is 18.2 Å². The Balaban J connectivity index is 1.42. The van der Waals surface area contributed by atoms with Gasteiger partial charge in [-0.05, 0) is 42.2 Å². The van der Waals surface area contributed by atoms with E-state index >= 15 is 0 Å². The van der Waals surface area contributed by atoms with E-state index < -0.39 is 18.0 Å². The molecule has 2 aromatic carbocycles. The molecule has 0 aliphatic carbocycles. The quantitative estimate of drug-likeness (QED) is 0.434. The molecule has 2 unspecified atom stereocenters. The van der Waals surface area contributed by atoms with Crippen molar-refractivity contribution in [3.05, 3.63) is 71.0 Å². The molecule has 0 bridgehead atoms. The predicted molar refractivity (Wildman–Crippen MR) is 120 cm³/mol. The molecular formula is C26H28F4N2O2. The zero-order chi connectivity index (χ0) is 24.0. The summed E-state index contributed by atoms with van der Waals surface area (Å²) in [7, 11) is 0. The molecule has 0 amide bonds. The Kier molecular flexibility index (Phi) is 8.22. The highest BCUT2D eigenvalue weighted by Gasteiger charge is 2.34. The van der Waals surface area contributed by atoms with Gasteiger partial charge in [0, 0.05) is 19.6 Å². The van der Waals surface area contributed by atoms with Crippen molar-refractivity contribution >= 4 is 0 Å². The number of rotatable bonds is 7. The van der Waals surface area contributed by atoms with Crippen LogP contribution in [0.1, 0.15) is 29.2 Å². The molecule has 0 aromatic heterocycles. The molecule has 2 heterocycles. The zero-order valence-corrected chi connectivity index (χ0v) is 18.9. The molecule has 2 aromatic rings. The molecule has 2 atom stereocenters. The van der Waals surface area contributed by atoms with Crippen LogP contribution in [0.4, 0.5) is 17.6 Å². The van der Waals surface area contributed by atoms with Crippen molar-refractivity contribution in [2.75, 3.05) is 45.9 Å². The molecule has 0 N–H and O–H groups in total. The van der Waals surface area contributed by atoms with E-state index in [-0.39, 0.29) is 18.5 Å². The summed E-state index contributed by atoms with van der Waals surface area (Å²) in [6.07, 6.45) is -3.48. The summed E-state index contributed by atoms with van der Waals surface area (Å²) in [4.78, 5) is 4.43. The van der Waals surface area contributed by atoms with Gasteiger partial charge in [0.2, 0.25) is 0 Å². The Labute approximate surface area is 197 Å². The van der Waals surface area contributed by atoms with E-state index in [1.165, 1.54) is 24.6 Å². The normalized spacial score (nSPS) is 21.5.